The summed E-state index contributed by atoms with van der Waals surface area (Å²) in [6.07, 6.45) is -2.40. The molecule has 0 radical (unpaired) electrons. The van der Waals surface area contributed by atoms with Crippen molar-refractivity contribution in [1.82, 2.24) is 5.32 Å². The summed E-state index contributed by atoms with van der Waals surface area (Å²) < 4.78 is 42.2. The number of hydrogen-bond donors (Lipinski definition) is 1. The molecule has 0 heterocycles. The van der Waals surface area contributed by atoms with Gasteiger partial charge in [-0.1, -0.05) is 25.1 Å². The molecule has 1 unspecified atom stereocenters. The fourth-order valence-electron chi connectivity index (χ4n) is 2.08. The number of nitrogens with one attached hydrogen (secondary N) is 1. The van der Waals surface area contributed by atoms with E-state index >= 15 is 0 Å². The molecule has 1 rings (SSSR count). The lowest BCUT2D eigenvalue weighted by atomic mass is 10.1. The molecule has 1 N–H and O–H groups in total. The normalized spacial score (nSPS) is 13.1. The lowest BCUT2D eigenvalue weighted by molar-refractivity contribution is -0.135. The number of rotatable bonds is 10. The van der Waals surface area contributed by atoms with Gasteiger partial charge in [0.05, 0.1) is 6.61 Å². The van der Waals surface area contributed by atoms with Crippen molar-refractivity contribution >= 4 is 0 Å². The van der Waals surface area contributed by atoms with Gasteiger partial charge in [-0.25, -0.2) is 0 Å². The number of ether oxygens (including phenoxy) is 1. The van der Waals surface area contributed by atoms with Crippen LogP contribution in [0.25, 0.3) is 0 Å². The Hall–Kier alpha value is -1.23. The molecule has 0 spiro atoms. The quantitative estimate of drug-likeness (QED) is 0.684. The maximum Gasteiger partial charge on any atom is 0.389 e. The lowest BCUT2D eigenvalue weighted by Crippen LogP contribution is -2.31. The Labute approximate surface area is 124 Å². The van der Waals surface area contributed by atoms with Gasteiger partial charge < -0.3 is 10.1 Å². The molecule has 1 aromatic carbocycles. The lowest BCUT2D eigenvalue weighted by Gasteiger charge is -2.19. The maximum absolute atomic E-state index is 12.2. The van der Waals surface area contributed by atoms with E-state index in [0.29, 0.717) is 19.4 Å². The van der Waals surface area contributed by atoms with Gasteiger partial charge in [0, 0.05) is 12.5 Å². The van der Waals surface area contributed by atoms with Gasteiger partial charge in [-0.05, 0) is 44.4 Å². The molecule has 21 heavy (non-hydrogen) atoms. The third-order valence-electron chi connectivity index (χ3n) is 3.17. The summed E-state index contributed by atoms with van der Waals surface area (Å²) in [5.74, 6) is 0.794. The van der Waals surface area contributed by atoms with Crippen molar-refractivity contribution in [1.29, 1.82) is 0 Å². The van der Waals surface area contributed by atoms with Gasteiger partial charge in [0.1, 0.15) is 5.75 Å². The van der Waals surface area contributed by atoms with E-state index in [9.17, 15) is 13.2 Å². The van der Waals surface area contributed by atoms with Crippen molar-refractivity contribution < 1.29 is 17.9 Å². The fraction of sp³-hybridized carbons (Fsp3) is 0.625. The van der Waals surface area contributed by atoms with Gasteiger partial charge in [0.2, 0.25) is 0 Å². The smallest absolute Gasteiger partial charge is 0.389 e. The second kappa shape index (κ2) is 9.66. The molecule has 0 saturated heterocycles. The van der Waals surface area contributed by atoms with E-state index in [4.69, 9.17) is 4.74 Å². The Morgan fingerprint density at radius 1 is 1.14 bits per heavy atom. The summed E-state index contributed by atoms with van der Waals surface area (Å²) in [7, 11) is 0. The number of benzene rings is 1. The predicted octanol–water partition coefficient (Wildman–Crippen LogP) is 4.56. The van der Waals surface area contributed by atoms with Crippen LogP contribution in [0.15, 0.2) is 30.3 Å². The van der Waals surface area contributed by atoms with Crippen LogP contribution in [0.2, 0.25) is 0 Å². The molecule has 0 aliphatic heterocycles. The maximum atomic E-state index is 12.2. The molecule has 0 saturated carbocycles. The first kappa shape index (κ1) is 17.8. The molecule has 0 aliphatic rings. The van der Waals surface area contributed by atoms with Crippen LogP contribution in [0.5, 0.6) is 5.75 Å². The second-order valence-electron chi connectivity index (χ2n) is 5.11. The third-order valence-corrected chi connectivity index (χ3v) is 3.17. The van der Waals surface area contributed by atoms with Crippen LogP contribution in [0.1, 0.15) is 39.0 Å². The van der Waals surface area contributed by atoms with E-state index < -0.39 is 12.6 Å². The molecule has 0 amide bonds. The van der Waals surface area contributed by atoms with Gasteiger partial charge in [0.15, 0.2) is 0 Å². The van der Waals surface area contributed by atoms with Crippen molar-refractivity contribution in [2.45, 2.75) is 51.2 Å². The van der Waals surface area contributed by atoms with Crippen molar-refractivity contribution in [3.05, 3.63) is 30.3 Å². The van der Waals surface area contributed by atoms with E-state index in [1.807, 2.05) is 37.3 Å². The number of alkyl halides is 3. The Bertz CT molecular complexity index is 368. The van der Waals surface area contributed by atoms with Crippen molar-refractivity contribution in [2.75, 3.05) is 13.2 Å². The number of hydrogen-bond acceptors (Lipinski definition) is 2. The highest BCUT2D eigenvalue weighted by atomic mass is 19.4. The summed E-state index contributed by atoms with van der Waals surface area (Å²) in [6, 6.07) is 9.53. The molecule has 0 aliphatic carbocycles. The summed E-state index contributed by atoms with van der Waals surface area (Å²) in [6.45, 7) is 3.37. The van der Waals surface area contributed by atoms with Gasteiger partial charge in [-0.15, -0.1) is 0 Å². The minimum Gasteiger partial charge on any atom is -0.494 e. The van der Waals surface area contributed by atoms with Crippen LogP contribution in [0, 0.1) is 0 Å². The number of para-hydroxylation sites is 1. The Morgan fingerprint density at radius 3 is 2.48 bits per heavy atom. The van der Waals surface area contributed by atoms with Crippen LogP contribution < -0.4 is 10.1 Å². The Morgan fingerprint density at radius 2 is 1.86 bits per heavy atom. The molecule has 0 fully saturated rings. The first-order valence-electron chi connectivity index (χ1n) is 7.49. The zero-order valence-electron chi connectivity index (χ0n) is 12.5. The molecule has 1 aromatic rings. The highest BCUT2D eigenvalue weighted by molar-refractivity contribution is 5.20. The van der Waals surface area contributed by atoms with Crippen LogP contribution in [-0.2, 0) is 0 Å². The topological polar surface area (TPSA) is 21.3 Å². The summed E-state index contributed by atoms with van der Waals surface area (Å²) in [5, 5.41) is 3.29. The molecular weight excluding hydrogens is 279 g/mol. The minimum atomic E-state index is -4.06. The third kappa shape index (κ3) is 9.34. The van der Waals surface area contributed by atoms with Crippen LogP contribution in [-0.4, -0.2) is 25.4 Å². The van der Waals surface area contributed by atoms with Gasteiger partial charge in [-0.3, -0.25) is 0 Å². The standard InChI is InChI=1S/C16H24F3NO/c1-2-12-20-14(7-6-11-16(17,18)19)10-13-21-15-8-4-3-5-9-15/h3-5,8-9,14,20H,2,6-7,10-13H2,1H3. The average molecular weight is 303 g/mol. The van der Waals surface area contributed by atoms with Crippen molar-refractivity contribution in [3.8, 4) is 5.75 Å². The van der Waals surface area contributed by atoms with Crippen molar-refractivity contribution in [3.63, 3.8) is 0 Å². The molecular formula is C16H24F3NO. The van der Waals surface area contributed by atoms with E-state index in [-0.39, 0.29) is 12.5 Å². The summed E-state index contributed by atoms with van der Waals surface area (Å²) in [5.41, 5.74) is 0. The molecule has 0 bridgehead atoms. The Kier molecular flexibility index (Phi) is 8.20. The fourth-order valence-corrected chi connectivity index (χ4v) is 2.08. The predicted molar refractivity (Wildman–Crippen MR) is 78.5 cm³/mol. The number of halogens is 3. The largest absolute Gasteiger partial charge is 0.494 e. The molecule has 1 atom stereocenters. The Balaban J connectivity index is 2.28. The highest BCUT2D eigenvalue weighted by Gasteiger charge is 2.26. The zero-order chi connectivity index (χ0) is 15.6. The van der Waals surface area contributed by atoms with E-state index in [1.165, 1.54) is 0 Å². The minimum absolute atomic E-state index is 0.0796. The van der Waals surface area contributed by atoms with Gasteiger partial charge in [-0.2, -0.15) is 13.2 Å². The van der Waals surface area contributed by atoms with Crippen molar-refractivity contribution in [2.24, 2.45) is 0 Å². The molecule has 120 valence electrons. The molecule has 2 nitrogen and oxygen atoms in total. The van der Waals surface area contributed by atoms with Gasteiger partial charge in [0.25, 0.3) is 0 Å². The van der Waals surface area contributed by atoms with Gasteiger partial charge >= 0.3 is 6.18 Å². The SMILES string of the molecule is CCCNC(CCCC(F)(F)F)CCOc1ccccc1. The van der Waals surface area contributed by atoms with Crippen LogP contribution in [0.4, 0.5) is 13.2 Å². The first-order chi connectivity index (χ1) is 10.0. The summed E-state index contributed by atoms with van der Waals surface area (Å²) >= 11 is 0. The molecule has 0 aromatic heterocycles. The van der Waals surface area contributed by atoms with Crippen LogP contribution in [0.3, 0.4) is 0 Å². The van der Waals surface area contributed by atoms with E-state index in [0.717, 1.165) is 18.7 Å². The average Bonchev–Trinajstić information content (AvgIpc) is 2.44. The first-order valence-corrected chi connectivity index (χ1v) is 7.49. The monoisotopic (exact) mass is 303 g/mol. The second-order valence-corrected chi connectivity index (χ2v) is 5.11. The van der Waals surface area contributed by atoms with Crippen LogP contribution >= 0.6 is 0 Å². The molecule has 5 heteroatoms. The zero-order valence-corrected chi connectivity index (χ0v) is 12.5. The van der Waals surface area contributed by atoms with E-state index in [2.05, 4.69) is 5.32 Å². The van der Waals surface area contributed by atoms with E-state index in [1.54, 1.807) is 0 Å². The summed E-state index contributed by atoms with van der Waals surface area (Å²) in [4.78, 5) is 0. The highest BCUT2D eigenvalue weighted by Crippen LogP contribution is 2.23.